The predicted octanol–water partition coefficient (Wildman–Crippen LogP) is 2.20. The molecule has 130 valence electrons. The molecule has 1 aliphatic rings. The van der Waals surface area contributed by atoms with Crippen LogP contribution in [-0.2, 0) is 9.53 Å². The van der Waals surface area contributed by atoms with Gasteiger partial charge >= 0.3 is 0 Å². The number of piperazine rings is 1. The fourth-order valence-electron chi connectivity index (χ4n) is 2.69. The third kappa shape index (κ3) is 5.20. The van der Waals surface area contributed by atoms with Crippen molar-refractivity contribution in [2.24, 2.45) is 0 Å². The Labute approximate surface area is 144 Å². The van der Waals surface area contributed by atoms with Crippen LogP contribution in [0.1, 0.15) is 38.7 Å². The van der Waals surface area contributed by atoms with E-state index in [4.69, 9.17) is 10.00 Å². The quantitative estimate of drug-likeness (QED) is 0.717. The van der Waals surface area contributed by atoms with Crippen molar-refractivity contribution in [2.75, 3.05) is 37.7 Å². The van der Waals surface area contributed by atoms with Crippen LogP contribution in [0, 0.1) is 11.3 Å². The number of carbonyl (C=O) groups excluding carboxylic acids is 1. The van der Waals surface area contributed by atoms with Crippen molar-refractivity contribution >= 4 is 11.7 Å². The highest BCUT2D eigenvalue weighted by atomic mass is 16.5. The van der Waals surface area contributed by atoms with E-state index in [1.165, 1.54) is 0 Å². The Kier molecular flexibility index (Phi) is 7.01. The highest BCUT2D eigenvalue weighted by molar-refractivity contribution is 5.77. The largest absolute Gasteiger partial charge is 0.378 e. The first-order chi connectivity index (χ1) is 11.6. The second-order valence-electron chi connectivity index (χ2n) is 6.12. The second kappa shape index (κ2) is 9.24. The molecule has 6 nitrogen and oxygen atoms in total. The van der Waals surface area contributed by atoms with Crippen molar-refractivity contribution < 1.29 is 9.53 Å². The van der Waals surface area contributed by atoms with Gasteiger partial charge in [0.1, 0.15) is 11.9 Å². The third-order valence-electron chi connectivity index (χ3n) is 4.20. The number of amides is 1. The summed E-state index contributed by atoms with van der Waals surface area (Å²) in [5, 5.41) is 8.82. The molecule has 1 aromatic rings. The maximum absolute atomic E-state index is 12.3. The molecule has 0 bridgehead atoms. The first-order valence-electron chi connectivity index (χ1n) is 8.64. The van der Waals surface area contributed by atoms with Gasteiger partial charge in [0.25, 0.3) is 0 Å². The molecule has 1 saturated heterocycles. The molecule has 6 heteroatoms. The minimum absolute atomic E-state index is 0.0257. The SMILES string of the molecule is CCCCO[C@@H](C)CC(=O)N1CCN(c2ccc(C#N)cn2)CC1. The van der Waals surface area contributed by atoms with Crippen molar-refractivity contribution in [3.05, 3.63) is 23.9 Å². The highest BCUT2D eigenvalue weighted by Crippen LogP contribution is 2.15. The normalized spacial score (nSPS) is 15.9. The van der Waals surface area contributed by atoms with Gasteiger partial charge in [-0.3, -0.25) is 4.79 Å². The molecule has 2 heterocycles. The summed E-state index contributed by atoms with van der Waals surface area (Å²) >= 11 is 0. The number of pyridine rings is 1. The highest BCUT2D eigenvalue weighted by Gasteiger charge is 2.23. The van der Waals surface area contributed by atoms with Gasteiger partial charge in [-0.05, 0) is 25.5 Å². The lowest BCUT2D eigenvalue weighted by Gasteiger charge is -2.35. The fourth-order valence-corrected chi connectivity index (χ4v) is 2.69. The molecule has 0 spiro atoms. The van der Waals surface area contributed by atoms with E-state index in [1.54, 1.807) is 12.3 Å². The molecular formula is C18H26N4O2. The van der Waals surface area contributed by atoms with Gasteiger partial charge in [-0.15, -0.1) is 0 Å². The average molecular weight is 330 g/mol. The van der Waals surface area contributed by atoms with E-state index in [0.717, 1.165) is 38.4 Å². The molecular weight excluding hydrogens is 304 g/mol. The van der Waals surface area contributed by atoms with Crippen LogP contribution in [0.4, 0.5) is 5.82 Å². The lowest BCUT2D eigenvalue weighted by Crippen LogP contribution is -2.49. The van der Waals surface area contributed by atoms with Crippen molar-refractivity contribution in [1.29, 1.82) is 5.26 Å². The molecule has 0 radical (unpaired) electrons. The minimum atomic E-state index is -0.0257. The smallest absolute Gasteiger partial charge is 0.225 e. The van der Waals surface area contributed by atoms with Crippen LogP contribution >= 0.6 is 0 Å². The first-order valence-corrected chi connectivity index (χ1v) is 8.64. The van der Waals surface area contributed by atoms with E-state index in [1.807, 2.05) is 17.9 Å². The lowest BCUT2D eigenvalue weighted by atomic mass is 10.2. The van der Waals surface area contributed by atoms with Crippen LogP contribution in [-0.4, -0.2) is 54.7 Å². The molecule has 0 aromatic carbocycles. The number of nitriles is 1. The van der Waals surface area contributed by atoms with Crippen molar-refractivity contribution in [2.45, 2.75) is 39.2 Å². The Morgan fingerprint density at radius 2 is 2.12 bits per heavy atom. The van der Waals surface area contributed by atoms with Crippen molar-refractivity contribution in [3.8, 4) is 6.07 Å². The number of nitrogens with zero attached hydrogens (tertiary/aromatic N) is 4. The average Bonchev–Trinajstić information content (AvgIpc) is 2.62. The van der Waals surface area contributed by atoms with Crippen LogP contribution in [0.25, 0.3) is 0 Å². The fraction of sp³-hybridized carbons (Fsp3) is 0.611. The molecule has 1 aliphatic heterocycles. The van der Waals surface area contributed by atoms with Crippen LogP contribution in [0.15, 0.2) is 18.3 Å². The molecule has 0 unspecified atom stereocenters. The van der Waals surface area contributed by atoms with E-state index in [2.05, 4.69) is 22.9 Å². The Morgan fingerprint density at radius 3 is 2.71 bits per heavy atom. The Bertz CT molecular complexity index is 559. The van der Waals surface area contributed by atoms with E-state index < -0.39 is 0 Å². The van der Waals surface area contributed by atoms with Gasteiger partial charge in [0, 0.05) is 39.0 Å². The van der Waals surface area contributed by atoms with Crippen LogP contribution in [0.5, 0.6) is 0 Å². The summed E-state index contributed by atoms with van der Waals surface area (Å²) in [6.45, 7) is 7.73. The second-order valence-corrected chi connectivity index (χ2v) is 6.12. The molecule has 0 saturated carbocycles. The summed E-state index contributed by atoms with van der Waals surface area (Å²) in [4.78, 5) is 20.7. The van der Waals surface area contributed by atoms with E-state index in [0.29, 0.717) is 25.1 Å². The van der Waals surface area contributed by atoms with Gasteiger partial charge in [0.2, 0.25) is 5.91 Å². The molecule has 24 heavy (non-hydrogen) atoms. The van der Waals surface area contributed by atoms with E-state index >= 15 is 0 Å². The topological polar surface area (TPSA) is 69.5 Å². The zero-order chi connectivity index (χ0) is 17.4. The van der Waals surface area contributed by atoms with Crippen LogP contribution < -0.4 is 4.90 Å². The summed E-state index contributed by atoms with van der Waals surface area (Å²) < 4.78 is 5.66. The number of carbonyl (C=O) groups is 1. The summed E-state index contributed by atoms with van der Waals surface area (Å²) in [5.74, 6) is 1.02. The van der Waals surface area contributed by atoms with Gasteiger partial charge in [-0.2, -0.15) is 5.26 Å². The molecule has 1 amide bonds. The predicted molar refractivity (Wildman–Crippen MR) is 92.7 cm³/mol. The summed E-state index contributed by atoms with van der Waals surface area (Å²) in [6.07, 6.45) is 4.14. The van der Waals surface area contributed by atoms with Crippen LogP contribution in [0.2, 0.25) is 0 Å². The Morgan fingerprint density at radius 1 is 1.38 bits per heavy atom. The number of hydrogen-bond acceptors (Lipinski definition) is 5. The number of ether oxygens (including phenoxy) is 1. The number of rotatable bonds is 7. The Hall–Kier alpha value is -2.13. The monoisotopic (exact) mass is 330 g/mol. The molecule has 2 rings (SSSR count). The number of aromatic nitrogens is 1. The zero-order valence-corrected chi connectivity index (χ0v) is 14.6. The van der Waals surface area contributed by atoms with Gasteiger partial charge in [0.05, 0.1) is 18.1 Å². The lowest BCUT2D eigenvalue weighted by molar-refractivity contribution is -0.134. The van der Waals surface area contributed by atoms with Gasteiger partial charge in [0.15, 0.2) is 0 Å². The zero-order valence-electron chi connectivity index (χ0n) is 14.6. The maximum Gasteiger partial charge on any atom is 0.225 e. The standard InChI is InChI=1S/C18H26N4O2/c1-3-4-11-24-15(2)12-18(23)22-9-7-21(8-10-22)17-6-5-16(13-19)14-20-17/h5-6,14-15H,3-4,7-12H2,1-2H3/t15-/m0/s1. The molecule has 0 aliphatic carbocycles. The Balaban J connectivity index is 1.77. The summed E-state index contributed by atoms with van der Waals surface area (Å²) in [6, 6.07) is 5.70. The molecule has 1 atom stereocenters. The molecule has 0 N–H and O–H groups in total. The summed E-state index contributed by atoms with van der Waals surface area (Å²) in [7, 11) is 0. The van der Waals surface area contributed by atoms with E-state index in [-0.39, 0.29) is 12.0 Å². The maximum atomic E-state index is 12.3. The first kappa shape index (κ1) is 18.2. The number of hydrogen-bond donors (Lipinski definition) is 0. The summed E-state index contributed by atoms with van der Waals surface area (Å²) in [5.41, 5.74) is 0.560. The van der Waals surface area contributed by atoms with Gasteiger partial charge in [-0.25, -0.2) is 4.98 Å². The van der Waals surface area contributed by atoms with E-state index in [9.17, 15) is 4.79 Å². The number of unbranched alkanes of at least 4 members (excludes halogenated alkanes) is 1. The molecule has 1 fully saturated rings. The molecule has 1 aromatic heterocycles. The minimum Gasteiger partial charge on any atom is -0.378 e. The van der Waals surface area contributed by atoms with Gasteiger partial charge < -0.3 is 14.5 Å². The number of anilines is 1. The van der Waals surface area contributed by atoms with Crippen molar-refractivity contribution in [1.82, 2.24) is 9.88 Å². The van der Waals surface area contributed by atoms with Crippen LogP contribution in [0.3, 0.4) is 0 Å². The van der Waals surface area contributed by atoms with Crippen molar-refractivity contribution in [3.63, 3.8) is 0 Å². The van der Waals surface area contributed by atoms with Gasteiger partial charge in [-0.1, -0.05) is 13.3 Å². The third-order valence-corrected chi connectivity index (χ3v) is 4.20.